The molecule has 2 heterocycles. The van der Waals surface area contributed by atoms with Gasteiger partial charge < -0.3 is 14.6 Å². The number of amides is 1. The number of nitrogens with zero attached hydrogens (tertiary/aromatic N) is 2. The van der Waals surface area contributed by atoms with Crippen LogP contribution in [0, 0.1) is 5.82 Å². The van der Waals surface area contributed by atoms with Gasteiger partial charge >= 0.3 is 5.91 Å². The number of carbonyl (C=O) groups excluding carboxylic acids is 2. The number of hydrogen-bond donors (Lipinski definition) is 1. The van der Waals surface area contributed by atoms with Crippen LogP contribution in [-0.2, 0) is 9.59 Å². The van der Waals surface area contributed by atoms with Gasteiger partial charge in [-0.05, 0) is 66.6 Å². The molecule has 0 radical (unpaired) electrons. The average molecular weight is 545 g/mol. The zero-order valence-electron chi connectivity index (χ0n) is 21.1. The summed E-state index contributed by atoms with van der Waals surface area (Å²) in [6.45, 7) is 6.47. The Morgan fingerprint density at radius 1 is 1.10 bits per heavy atom. The van der Waals surface area contributed by atoms with Gasteiger partial charge in [-0.2, -0.15) is 0 Å². The lowest BCUT2D eigenvalue weighted by Crippen LogP contribution is -2.29. The van der Waals surface area contributed by atoms with Gasteiger partial charge in [0.1, 0.15) is 29.7 Å². The monoisotopic (exact) mass is 544 g/mol. The van der Waals surface area contributed by atoms with Gasteiger partial charge in [0.05, 0.1) is 28.4 Å². The molecule has 1 atom stereocenters. The predicted octanol–water partition coefficient (Wildman–Crippen LogP) is 6.42. The molecule has 0 spiro atoms. The van der Waals surface area contributed by atoms with Crippen LogP contribution in [0.4, 0.5) is 9.52 Å². The van der Waals surface area contributed by atoms with E-state index in [1.54, 1.807) is 54.6 Å². The number of benzene rings is 3. The molecule has 9 heteroatoms. The molecule has 39 heavy (non-hydrogen) atoms. The Bertz CT molecular complexity index is 1590. The number of ether oxygens (including phenoxy) is 2. The van der Waals surface area contributed by atoms with Gasteiger partial charge in [-0.1, -0.05) is 43.0 Å². The molecule has 5 rings (SSSR count). The molecule has 1 saturated heterocycles. The molecule has 1 unspecified atom stereocenters. The number of ketones is 1. The predicted molar refractivity (Wildman–Crippen MR) is 149 cm³/mol. The quantitative estimate of drug-likeness (QED) is 0.113. The number of rotatable bonds is 9. The van der Waals surface area contributed by atoms with E-state index in [1.807, 2.05) is 6.92 Å². The van der Waals surface area contributed by atoms with Gasteiger partial charge in [-0.15, -0.1) is 0 Å². The van der Waals surface area contributed by atoms with Gasteiger partial charge in [-0.3, -0.25) is 14.5 Å². The highest BCUT2D eigenvalue weighted by Gasteiger charge is 2.48. The molecule has 0 bridgehead atoms. The summed E-state index contributed by atoms with van der Waals surface area (Å²) >= 11 is 1.09. The van der Waals surface area contributed by atoms with Crippen LogP contribution in [0.1, 0.15) is 30.5 Å². The van der Waals surface area contributed by atoms with Crippen LogP contribution in [0.25, 0.3) is 16.0 Å². The van der Waals surface area contributed by atoms with E-state index in [2.05, 4.69) is 11.6 Å². The number of fused-ring (bicyclic) bond motifs is 1. The van der Waals surface area contributed by atoms with Crippen molar-refractivity contribution in [3.8, 4) is 11.5 Å². The number of aliphatic hydroxyl groups excluding tert-OH is 1. The average Bonchev–Trinajstić information content (AvgIpc) is 3.48. The normalized spacial score (nSPS) is 16.6. The summed E-state index contributed by atoms with van der Waals surface area (Å²) in [5.41, 5.74) is 1.29. The molecular weight excluding hydrogens is 519 g/mol. The van der Waals surface area contributed by atoms with Crippen molar-refractivity contribution >= 4 is 44.1 Å². The summed E-state index contributed by atoms with van der Waals surface area (Å²) < 4.78 is 25.7. The summed E-state index contributed by atoms with van der Waals surface area (Å²) in [6.07, 6.45) is 2.45. The smallest absolute Gasteiger partial charge is 0.301 e. The number of thiazole rings is 1. The summed E-state index contributed by atoms with van der Waals surface area (Å²) in [5.74, 6) is -1.34. The molecule has 3 aromatic carbocycles. The maximum atomic E-state index is 13.9. The maximum absolute atomic E-state index is 13.9. The van der Waals surface area contributed by atoms with E-state index >= 15 is 0 Å². The van der Waals surface area contributed by atoms with Crippen molar-refractivity contribution in [2.45, 2.75) is 19.4 Å². The zero-order chi connectivity index (χ0) is 27.5. The Morgan fingerprint density at radius 2 is 1.90 bits per heavy atom. The second kappa shape index (κ2) is 11.1. The number of hydrogen-bond acceptors (Lipinski definition) is 7. The van der Waals surface area contributed by atoms with E-state index in [4.69, 9.17) is 9.47 Å². The van der Waals surface area contributed by atoms with Crippen LogP contribution in [0.5, 0.6) is 11.5 Å². The van der Waals surface area contributed by atoms with E-state index in [1.165, 1.54) is 23.1 Å². The minimum Gasteiger partial charge on any atom is -0.507 e. The fourth-order valence-electron chi connectivity index (χ4n) is 4.35. The van der Waals surface area contributed by atoms with E-state index in [9.17, 15) is 19.1 Å². The van der Waals surface area contributed by atoms with Crippen molar-refractivity contribution in [1.82, 2.24) is 4.98 Å². The Kier molecular flexibility index (Phi) is 7.42. The minimum absolute atomic E-state index is 0.0893. The molecule has 1 aliphatic rings. The molecule has 1 N–H and O–H groups in total. The topological polar surface area (TPSA) is 89.0 Å². The van der Waals surface area contributed by atoms with E-state index in [-0.39, 0.29) is 23.1 Å². The Morgan fingerprint density at radius 3 is 2.64 bits per heavy atom. The van der Waals surface area contributed by atoms with Crippen molar-refractivity contribution in [2.75, 3.05) is 18.1 Å². The molecule has 1 aromatic heterocycles. The first kappa shape index (κ1) is 26.1. The maximum Gasteiger partial charge on any atom is 0.301 e. The highest BCUT2D eigenvalue weighted by molar-refractivity contribution is 7.22. The third-order valence-corrected chi connectivity index (χ3v) is 7.15. The van der Waals surface area contributed by atoms with Gasteiger partial charge in [-0.25, -0.2) is 9.37 Å². The summed E-state index contributed by atoms with van der Waals surface area (Å²) in [7, 11) is 0. The molecule has 0 saturated carbocycles. The summed E-state index contributed by atoms with van der Waals surface area (Å²) in [4.78, 5) is 32.7. The molecule has 4 aromatic rings. The molecule has 1 aliphatic heterocycles. The van der Waals surface area contributed by atoms with E-state index in [0.717, 1.165) is 17.8 Å². The zero-order valence-corrected chi connectivity index (χ0v) is 21.9. The second-order valence-electron chi connectivity index (χ2n) is 8.82. The van der Waals surface area contributed by atoms with Crippen LogP contribution in [0.3, 0.4) is 0 Å². The molecule has 198 valence electrons. The molecule has 0 aliphatic carbocycles. The van der Waals surface area contributed by atoms with Crippen molar-refractivity contribution in [3.05, 3.63) is 102 Å². The van der Waals surface area contributed by atoms with Crippen LogP contribution < -0.4 is 14.4 Å². The standard InChI is InChI=1S/C30H25FN2O5S/c1-3-14-37-21-11-8-18(9-12-21)27(34)25-26(19-6-5-7-22(16-19)38-15-4-2)33(29(36)28(25)35)30-32-23-13-10-20(31)17-24(23)39-30/h4-13,16-17,26,34H,2-3,14-15H2,1H3/b27-25+. The number of anilines is 1. The first-order valence-corrected chi connectivity index (χ1v) is 13.2. The lowest BCUT2D eigenvalue weighted by Gasteiger charge is -2.23. The van der Waals surface area contributed by atoms with Crippen molar-refractivity contribution in [2.24, 2.45) is 0 Å². The Balaban J connectivity index is 1.65. The van der Waals surface area contributed by atoms with Gasteiger partial charge in [0.25, 0.3) is 5.78 Å². The summed E-state index contributed by atoms with van der Waals surface area (Å²) in [6, 6.07) is 16.7. The molecular formula is C30H25FN2O5S. The van der Waals surface area contributed by atoms with Gasteiger partial charge in [0, 0.05) is 5.56 Å². The van der Waals surface area contributed by atoms with Crippen LogP contribution in [0.15, 0.2) is 85.0 Å². The lowest BCUT2D eigenvalue weighted by atomic mass is 9.95. The summed E-state index contributed by atoms with van der Waals surface area (Å²) in [5, 5.41) is 11.6. The van der Waals surface area contributed by atoms with Crippen molar-refractivity contribution in [3.63, 3.8) is 0 Å². The Hall–Kier alpha value is -4.50. The minimum atomic E-state index is -1.00. The second-order valence-corrected chi connectivity index (χ2v) is 9.83. The number of carbonyl (C=O) groups is 2. The number of halogens is 1. The third kappa shape index (κ3) is 5.13. The van der Waals surface area contributed by atoms with E-state index in [0.29, 0.717) is 39.4 Å². The molecule has 1 amide bonds. The number of Topliss-reactive ketones (excluding diaryl/α,β-unsaturated/α-hetero) is 1. The van der Waals surface area contributed by atoms with Crippen molar-refractivity contribution < 1.29 is 28.6 Å². The van der Waals surface area contributed by atoms with Crippen LogP contribution in [-0.4, -0.2) is 35.0 Å². The van der Waals surface area contributed by atoms with Crippen LogP contribution >= 0.6 is 11.3 Å². The van der Waals surface area contributed by atoms with E-state index < -0.39 is 23.5 Å². The fraction of sp³-hybridized carbons (Fsp3) is 0.167. The Labute approximate surface area is 228 Å². The highest BCUT2D eigenvalue weighted by Crippen LogP contribution is 2.45. The first-order valence-electron chi connectivity index (χ1n) is 12.3. The third-order valence-electron chi connectivity index (χ3n) is 6.13. The fourth-order valence-corrected chi connectivity index (χ4v) is 5.37. The largest absolute Gasteiger partial charge is 0.507 e. The first-order chi connectivity index (χ1) is 18.9. The van der Waals surface area contributed by atoms with Crippen LogP contribution in [0.2, 0.25) is 0 Å². The van der Waals surface area contributed by atoms with Crippen molar-refractivity contribution in [1.29, 1.82) is 0 Å². The lowest BCUT2D eigenvalue weighted by molar-refractivity contribution is -0.132. The SMILES string of the molecule is C=CCOc1cccc(C2/C(=C(\O)c3ccc(OCCC)cc3)C(=O)C(=O)N2c2nc3ccc(F)cc3s2)c1. The number of aromatic nitrogens is 1. The molecule has 1 fully saturated rings. The van der Waals surface area contributed by atoms with Gasteiger partial charge in [0.15, 0.2) is 5.13 Å². The molecule has 7 nitrogen and oxygen atoms in total. The van der Waals surface area contributed by atoms with Gasteiger partial charge in [0.2, 0.25) is 0 Å². The highest BCUT2D eigenvalue weighted by atomic mass is 32.1. The number of aliphatic hydroxyl groups is 1.